The van der Waals surface area contributed by atoms with Crippen LogP contribution in [-0.2, 0) is 6.54 Å². The van der Waals surface area contributed by atoms with E-state index in [-0.39, 0.29) is 0 Å². The molecule has 1 rings (SSSR count). The van der Waals surface area contributed by atoms with Crippen LogP contribution in [0.25, 0.3) is 0 Å². The van der Waals surface area contributed by atoms with Gasteiger partial charge in [0.25, 0.3) is 0 Å². The highest BCUT2D eigenvalue weighted by atomic mass is 14.7. The molecule has 1 radical (unpaired) electrons. The van der Waals surface area contributed by atoms with Gasteiger partial charge in [-0.25, -0.2) is 4.98 Å². The predicted octanol–water partition coefficient (Wildman–Crippen LogP) is 0.340. The topological polar surface area (TPSA) is 38.9 Å². The first-order valence-electron chi connectivity index (χ1n) is 2.45. The lowest BCUT2D eigenvalue weighted by Crippen LogP contribution is -1.97. The predicted molar refractivity (Wildman–Crippen MR) is 31.0 cm³/mol. The van der Waals surface area contributed by atoms with Gasteiger partial charge in [0.1, 0.15) is 0 Å². The second-order valence-electron chi connectivity index (χ2n) is 1.46. The van der Waals surface area contributed by atoms with E-state index in [4.69, 9.17) is 5.73 Å². The van der Waals surface area contributed by atoms with Gasteiger partial charge in [-0.1, -0.05) is 6.07 Å². The fourth-order valence-electron chi connectivity index (χ4n) is 0.473. The van der Waals surface area contributed by atoms with E-state index in [9.17, 15) is 0 Å². The third-order valence-electron chi connectivity index (χ3n) is 0.877. The van der Waals surface area contributed by atoms with Crippen molar-refractivity contribution in [2.45, 2.75) is 6.54 Å². The minimum Gasteiger partial charge on any atom is -0.325 e. The summed E-state index contributed by atoms with van der Waals surface area (Å²) in [5.41, 5.74) is 6.15. The van der Waals surface area contributed by atoms with Crippen LogP contribution in [0.4, 0.5) is 0 Å². The molecule has 0 aliphatic carbocycles. The van der Waals surface area contributed by atoms with Crippen molar-refractivity contribution in [3.63, 3.8) is 0 Å². The first kappa shape index (κ1) is 5.25. The average molecular weight is 107 g/mol. The summed E-state index contributed by atoms with van der Waals surface area (Å²) in [6, 6.07) is 5.49. The van der Waals surface area contributed by atoms with Gasteiger partial charge in [0, 0.05) is 6.54 Å². The molecule has 0 atom stereocenters. The molecule has 1 aromatic heterocycles. The van der Waals surface area contributed by atoms with Crippen molar-refractivity contribution in [1.82, 2.24) is 4.98 Å². The lowest BCUT2D eigenvalue weighted by molar-refractivity contribution is 0.987. The van der Waals surface area contributed by atoms with Crippen LogP contribution in [0.2, 0.25) is 0 Å². The van der Waals surface area contributed by atoms with Crippen molar-refractivity contribution in [2.24, 2.45) is 5.73 Å². The van der Waals surface area contributed by atoms with Crippen LogP contribution < -0.4 is 5.73 Å². The minimum atomic E-state index is 0.497. The second kappa shape index (κ2) is 2.43. The van der Waals surface area contributed by atoms with Crippen molar-refractivity contribution in [1.29, 1.82) is 0 Å². The largest absolute Gasteiger partial charge is 0.325 e. The molecule has 0 fully saturated rings. The molecule has 0 saturated carbocycles. The first-order chi connectivity index (χ1) is 3.93. The highest BCUT2D eigenvalue weighted by Gasteiger charge is 1.82. The Morgan fingerprint density at radius 3 is 3.00 bits per heavy atom. The molecule has 0 aliphatic heterocycles. The Kier molecular flexibility index (Phi) is 1.59. The van der Waals surface area contributed by atoms with Gasteiger partial charge in [-0.3, -0.25) is 0 Å². The van der Waals surface area contributed by atoms with E-state index < -0.39 is 0 Å². The van der Waals surface area contributed by atoms with Crippen LogP contribution in [0.1, 0.15) is 5.69 Å². The third-order valence-corrected chi connectivity index (χ3v) is 0.877. The van der Waals surface area contributed by atoms with Crippen LogP contribution >= 0.6 is 0 Å². The smallest absolute Gasteiger partial charge is 0.0890 e. The average Bonchev–Trinajstić information content (AvgIpc) is 1.90. The lowest BCUT2D eigenvalue weighted by atomic mass is 10.4. The number of nitrogens with two attached hydrogens (primary N) is 1. The number of aromatic nitrogens is 1. The lowest BCUT2D eigenvalue weighted by Gasteiger charge is -1.88. The molecule has 8 heavy (non-hydrogen) atoms. The maximum absolute atomic E-state index is 5.27. The van der Waals surface area contributed by atoms with Gasteiger partial charge in [0.05, 0.1) is 11.9 Å². The highest BCUT2D eigenvalue weighted by molar-refractivity contribution is 5.01. The van der Waals surface area contributed by atoms with Gasteiger partial charge in [-0.2, -0.15) is 0 Å². The molecule has 0 aliphatic rings. The Hall–Kier alpha value is -0.890. The Labute approximate surface area is 48.4 Å². The molecule has 0 saturated heterocycles. The van der Waals surface area contributed by atoms with Crippen molar-refractivity contribution in [3.05, 3.63) is 30.1 Å². The van der Waals surface area contributed by atoms with Crippen LogP contribution in [0.5, 0.6) is 0 Å². The standard InChI is InChI=1S/C6H7N2/c7-5-6-3-1-2-4-8-6/h1-3H,5,7H2. The monoisotopic (exact) mass is 107 g/mol. The van der Waals surface area contributed by atoms with Crippen molar-refractivity contribution in [2.75, 3.05) is 0 Å². The molecule has 2 heteroatoms. The Bertz CT molecular complexity index is 148. The van der Waals surface area contributed by atoms with Crippen molar-refractivity contribution < 1.29 is 0 Å². The molecule has 0 bridgehead atoms. The van der Waals surface area contributed by atoms with Crippen LogP contribution in [-0.4, -0.2) is 4.98 Å². The molecule has 1 aromatic rings. The molecular formula is C6H7N2. The molecule has 41 valence electrons. The molecule has 2 N–H and O–H groups in total. The minimum absolute atomic E-state index is 0.497. The Morgan fingerprint density at radius 1 is 1.75 bits per heavy atom. The van der Waals surface area contributed by atoms with E-state index in [1.807, 2.05) is 12.1 Å². The summed E-state index contributed by atoms with van der Waals surface area (Å²) in [6.07, 6.45) is 2.68. The highest BCUT2D eigenvalue weighted by Crippen LogP contribution is 1.87. The fraction of sp³-hybridized carbons (Fsp3) is 0.167. The van der Waals surface area contributed by atoms with Crippen LogP contribution in [0.3, 0.4) is 0 Å². The number of hydrogen-bond donors (Lipinski definition) is 1. The normalized spacial score (nSPS) is 9.12. The quantitative estimate of drug-likeness (QED) is 0.562. The SMILES string of the molecule is NCc1ccc[c]n1. The van der Waals surface area contributed by atoms with Crippen molar-refractivity contribution >= 4 is 0 Å². The fourth-order valence-corrected chi connectivity index (χ4v) is 0.473. The molecule has 2 nitrogen and oxygen atoms in total. The van der Waals surface area contributed by atoms with Gasteiger partial charge in [-0.05, 0) is 12.1 Å². The molecular weight excluding hydrogens is 100 g/mol. The molecule has 1 heterocycles. The number of hydrogen-bond acceptors (Lipinski definition) is 2. The summed E-state index contributed by atoms with van der Waals surface area (Å²) < 4.78 is 0. The van der Waals surface area contributed by atoms with Gasteiger partial charge in [0.15, 0.2) is 0 Å². The Morgan fingerprint density at radius 2 is 2.62 bits per heavy atom. The molecule has 0 spiro atoms. The third kappa shape index (κ3) is 1.04. The summed E-state index contributed by atoms with van der Waals surface area (Å²) in [6.45, 7) is 0.497. The summed E-state index contributed by atoms with van der Waals surface area (Å²) in [5, 5.41) is 0. The van der Waals surface area contributed by atoms with Gasteiger partial charge < -0.3 is 5.73 Å². The van der Waals surface area contributed by atoms with Gasteiger partial charge in [-0.15, -0.1) is 0 Å². The molecule has 0 aromatic carbocycles. The number of rotatable bonds is 1. The van der Waals surface area contributed by atoms with E-state index in [2.05, 4.69) is 11.2 Å². The number of nitrogens with zero attached hydrogens (tertiary/aromatic N) is 1. The van der Waals surface area contributed by atoms with Crippen molar-refractivity contribution in [3.8, 4) is 0 Å². The zero-order chi connectivity index (χ0) is 5.82. The van der Waals surface area contributed by atoms with E-state index in [1.165, 1.54) is 0 Å². The van der Waals surface area contributed by atoms with E-state index in [0.717, 1.165) is 5.69 Å². The first-order valence-corrected chi connectivity index (χ1v) is 2.45. The zero-order valence-corrected chi connectivity index (χ0v) is 4.46. The number of pyridine rings is 1. The Balaban J connectivity index is 2.83. The van der Waals surface area contributed by atoms with Crippen LogP contribution in [0, 0.1) is 6.20 Å². The van der Waals surface area contributed by atoms with Gasteiger partial charge >= 0.3 is 0 Å². The van der Waals surface area contributed by atoms with Gasteiger partial charge in [0.2, 0.25) is 0 Å². The summed E-state index contributed by atoms with van der Waals surface area (Å²) >= 11 is 0. The summed E-state index contributed by atoms with van der Waals surface area (Å²) in [4.78, 5) is 3.85. The van der Waals surface area contributed by atoms with E-state index in [0.29, 0.717) is 6.54 Å². The molecule has 0 amide bonds. The van der Waals surface area contributed by atoms with E-state index in [1.54, 1.807) is 6.07 Å². The summed E-state index contributed by atoms with van der Waals surface area (Å²) in [5.74, 6) is 0. The van der Waals surface area contributed by atoms with E-state index >= 15 is 0 Å². The zero-order valence-electron chi connectivity index (χ0n) is 4.46. The second-order valence-corrected chi connectivity index (χ2v) is 1.46. The van der Waals surface area contributed by atoms with Crippen LogP contribution in [0.15, 0.2) is 18.2 Å². The maximum Gasteiger partial charge on any atom is 0.0890 e. The molecule has 0 unspecified atom stereocenters. The maximum atomic E-state index is 5.27. The summed E-state index contributed by atoms with van der Waals surface area (Å²) in [7, 11) is 0.